The molecule has 3 aromatic rings. The Kier molecular flexibility index (Phi) is 6.08. The van der Waals surface area contributed by atoms with Crippen molar-refractivity contribution in [2.75, 3.05) is 11.9 Å². The van der Waals surface area contributed by atoms with Crippen LogP contribution in [0.3, 0.4) is 0 Å². The second kappa shape index (κ2) is 9.18. The van der Waals surface area contributed by atoms with Crippen molar-refractivity contribution < 1.29 is 18.7 Å². The van der Waals surface area contributed by atoms with Crippen LogP contribution in [0.4, 0.5) is 10.1 Å². The van der Waals surface area contributed by atoms with Gasteiger partial charge in [0.15, 0.2) is 0 Å². The number of rotatable bonds is 6. The number of carbonyl (C=O) groups excluding carboxylic acids is 2. The van der Waals surface area contributed by atoms with Gasteiger partial charge in [0.2, 0.25) is 0 Å². The van der Waals surface area contributed by atoms with Gasteiger partial charge in [0, 0.05) is 31.7 Å². The summed E-state index contributed by atoms with van der Waals surface area (Å²) in [7, 11) is 1.96. The van der Waals surface area contributed by atoms with Gasteiger partial charge in [-0.15, -0.1) is 0 Å². The summed E-state index contributed by atoms with van der Waals surface area (Å²) in [6, 6.07) is 7.97. The molecule has 1 aliphatic heterocycles. The molecule has 0 spiro atoms. The minimum Gasteiger partial charge on any atom is -0.368 e. The molecule has 2 aliphatic rings. The molecule has 2 heterocycles. The maximum Gasteiger partial charge on any atom is 0.253 e. The lowest BCUT2D eigenvalue weighted by Crippen LogP contribution is -2.28. The zero-order valence-electron chi connectivity index (χ0n) is 19.5. The molecule has 2 amide bonds. The monoisotopic (exact) mass is 464 g/mol. The van der Waals surface area contributed by atoms with Crippen LogP contribution in [0, 0.1) is 12.7 Å². The highest BCUT2D eigenvalue weighted by atomic mass is 19.1. The van der Waals surface area contributed by atoms with E-state index in [9.17, 15) is 14.0 Å². The van der Waals surface area contributed by atoms with E-state index in [-0.39, 0.29) is 24.2 Å². The average Bonchev–Trinajstić information content (AvgIpc) is 3.42. The van der Waals surface area contributed by atoms with Gasteiger partial charge in [-0.05, 0) is 68.0 Å². The second-order valence-corrected chi connectivity index (χ2v) is 9.29. The predicted molar refractivity (Wildman–Crippen MR) is 127 cm³/mol. The summed E-state index contributed by atoms with van der Waals surface area (Å²) in [6.07, 6.45) is 4.42. The first-order valence-corrected chi connectivity index (χ1v) is 11.9. The fourth-order valence-corrected chi connectivity index (χ4v) is 4.73. The van der Waals surface area contributed by atoms with E-state index in [1.54, 1.807) is 18.2 Å². The maximum atomic E-state index is 13.6. The van der Waals surface area contributed by atoms with Crippen molar-refractivity contribution in [3.8, 4) is 0 Å². The third-order valence-corrected chi connectivity index (χ3v) is 6.97. The van der Waals surface area contributed by atoms with Crippen molar-refractivity contribution in [3.63, 3.8) is 0 Å². The summed E-state index contributed by atoms with van der Waals surface area (Å²) in [5, 5.41) is 5.86. The lowest BCUT2D eigenvalue weighted by molar-refractivity contribution is -0.124. The number of imidazole rings is 1. The number of benzene rings is 2. The van der Waals surface area contributed by atoms with E-state index in [0.29, 0.717) is 41.3 Å². The number of fused-ring (bicyclic) bond motifs is 1. The van der Waals surface area contributed by atoms with Gasteiger partial charge in [0.05, 0.1) is 16.7 Å². The minimum atomic E-state index is -0.484. The van der Waals surface area contributed by atoms with E-state index >= 15 is 0 Å². The molecular weight excluding hydrogens is 435 g/mol. The molecule has 0 radical (unpaired) electrons. The Bertz CT molecular complexity index is 1260. The van der Waals surface area contributed by atoms with Crippen LogP contribution < -0.4 is 10.6 Å². The lowest BCUT2D eigenvalue weighted by atomic mass is 9.85. The van der Waals surface area contributed by atoms with Gasteiger partial charge < -0.3 is 19.9 Å². The Morgan fingerprint density at radius 2 is 2.00 bits per heavy atom. The Morgan fingerprint density at radius 3 is 2.71 bits per heavy atom. The molecule has 2 N–H and O–H groups in total. The quantitative estimate of drug-likeness (QED) is 0.569. The average molecular weight is 465 g/mol. The zero-order chi connectivity index (χ0) is 23.8. The van der Waals surface area contributed by atoms with Gasteiger partial charge >= 0.3 is 0 Å². The number of hydrogen-bond donors (Lipinski definition) is 2. The van der Waals surface area contributed by atoms with E-state index in [1.807, 2.05) is 18.5 Å². The Labute approximate surface area is 197 Å². The first-order chi connectivity index (χ1) is 16.4. The van der Waals surface area contributed by atoms with Crippen molar-refractivity contribution in [1.82, 2.24) is 14.9 Å². The molecule has 1 aromatic heterocycles. The van der Waals surface area contributed by atoms with E-state index < -0.39 is 6.10 Å². The molecule has 1 saturated heterocycles. The number of halogens is 1. The molecule has 7 nitrogen and oxygen atoms in total. The number of ether oxygens (including phenoxy) is 1. The highest BCUT2D eigenvalue weighted by Crippen LogP contribution is 2.38. The van der Waals surface area contributed by atoms with Crippen LogP contribution in [-0.4, -0.2) is 34.1 Å². The number of amides is 2. The Hall–Kier alpha value is -3.26. The summed E-state index contributed by atoms with van der Waals surface area (Å²) < 4.78 is 21.2. The summed E-state index contributed by atoms with van der Waals surface area (Å²) >= 11 is 0. The molecule has 5 rings (SSSR count). The highest BCUT2D eigenvalue weighted by Gasteiger charge is 2.28. The summed E-state index contributed by atoms with van der Waals surface area (Å²) in [5.74, 6) is 0.508. The number of hydrogen-bond acceptors (Lipinski definition) is 4. The predicted octanol–water partition coefficient (Wildman–Crippen LogP) is 4.34. The number of anilines is 1. The Morgan fingerprint density at radius 1 is 1.18 bits per heavy atom. The van der Waals surface area contributed by atoms with Crippen LogP contribution in [-0.2, 0) is 23.1 Å². The molecule has 8 heteroatoms. The number of aromatic nitrogens is 2. The van der Waals surface area contributed by atoms with E-state index in [4.69, 9.17) is 9.72 Å². The smallest absolute Gasteiger partial charge is 0.253 e. The largest absolute Gasteiger partial charge is 0.368 e. The fourth-order valence-electron chi connectivity index (χ4n) is 4.73. The number of carbonyl (C=O) groups is 2. The van der Waals surface area contributed by atoms with Crippen LogP contribution in [0.1, 0.15) is 65.3 Å². The normalized spacial score (nSPS) is 18.1. The number of aryl methyl sites for hydroxylation is 2. The summed E-state index contributed by atoms with van der Waals surface area (Å²) in [6.45, 7) is 2.65. The fraction of sp³-hybridized carbons (Fsp3) is 0.423. The van der Waals surface area contributed by atoms with Crippen molar-refractivity contribution in [2.24, 2.45) is 7.05 Å². The molecule has 2 aromatic carbocycles. The third kappa shape index (κ3) is 4.30. The first-order valence-electron chi connectivity index (χ1n) is 11.9. The molecule has 0 bridgehead atoms. The molecule has 2 fully saturated rings. The van der Waals surface area contributed by atoms with Crippen molar-refractivity contribution >= 4 is 28.5 Å². The van der Waals surface area contributed by atoms with Crippen molar-refractivity contribution in [2.45, 2.75) is 57.6 Å². The topological polar surface area (TPSA) is 85.2 Å². The molecule has 1 atom stereocenters. The van der Waals surface area contributed by atoms with E-state index in [2.05, 4.69) is 10.6 Å². The van der Waals surface area contributed by atoms with Gasteiger partial charge in [-0.1, -0.05) is 12.5 Å². The van der Waals surface area contributed by atoms with E-state index in [1.165, 1.54) is 18.6 Å². The maximum absolute atomic E-state index is 13.6. The SMILES string of the molecule is Cc1ccc(F)cc1CNC(=O)c1cc(NC(=O)[C@H]2CCCO2)c2c(c1)nc(C1CCC1)n2C. The third-order valence-electron chi connectivity index (χ3n) is 6.97. The lowest BCUT2D eigenvalue weighted by Gasteiger charge is -2.24. The molecule has 1 saturated carbocycles. The van der Waals surface area contributed by atoms with Crippen LogP contribution in [0.2, 0.25) is 0 Å². The molecule has 0 unspecified atom stereocenters. The van der Waals surface area contributed by atoms with Crippen LogP contribution in [0.5, 0.6) is 0 Å². The van der Waals surface area contributed by atoms with Crippen molar-refractivity contribution in [1.29, 1.82) is 0 Å². The first kappa shape index (κ1) is 22.5. The highest BCUT2D eigenvalue weighted by molar-refractivity contribution is 6.06. The zero-order valence-corrected chi connectivity index (χ0v) is 19.5. The van der Waals surface area contributed by atoms with Gasteiger partial charge in [0.1, 0.15) is 17.7 Å². The van der Waals surface area contributed by atoms with Gasteiger partial charge in [0.25, 0.3) is 11.8 Å². The standard InChI is InChI=1S/C26H29FN4O3/c1-15-8-9-19(27)11-18(15)14-28-25(32)17-12-20-23(31(2)24(29-20)16-5-3-6-16)21(13-17)30-26(33)22-7-4-10-34-22/h8-9,11-13,16,22H,3-7,10,14H2,1-2H3,(H,28,32)(H,30,33)/t22-/m1/s1. The number of nitrogens with one attached hydrogen (secondary N) is 2. The molecule has 178 valence electrons. The van der Waals surface area contributed by atoms with Crippen molar-refractivity contribution in [3.05, 3.63) is 58.7 Å². The van der Waals surface area contributed by atoms with Crippen LogP contribution >= 0.6 is 0 Å². The van der Waals surface area contributed by atoms with Gasteiger partial charge in [-0.25, -0.2) is 9.37 Å². The summed E-state index contributed by atoms with van der Waals surface area (Å²) in [5.41, 5.74) is 4.02. The van der Waals surface area contributed by atoms with Gasteiger partial charge in [-0.3, -0.25) is 9.59 Å². The van der Waals surface area contributed by atoms with Crippen LogP contribution in [0.25, 0.3) is 11.0 Å². The van der Waals surface area contributed by atoms with Crippen LogP contribution in [0.15, 0.2) is 30.3 Å². The molecular formula is C26H29FN4O3. The minimum absolute atomic E-state index is 0.202. The Balaban J connectivity index is 1.46. The molecule has 34 heavy (non-hydrogen) atoms. The van der Waals surface area contributed by atoms with Gasteiger partial charge in [-0.2, -0.15) is 0 Å². The van der Waals surface area contributed by atoms with E-state index in [0.717, 1.165) is 36.2 Å². The second-order valence-electron chi connectivity index (χ2n) is 9.29. The summed E-state index contributed by atoms with van der Waals surface area (Å²) in [4.78, 5) is 30.7. The molecule has 1 aliphatic carbocycles. The number of nitrogens with zero attached hydrogens (tertiary/aromatic N) is 2.